The molecule has 1 aromatic heterocycles. The zero-order valence-corrected chi connectivity index (χ0v) is 11.1. The Morgan fingerprint density at radius 1 is 1.25 bits per heavy atom. The molecule has 0 fully saturated rings. The highest BCUT2D eigenvalue weighted by Crippen LogP contribution is 2.17. The molecular formula is C9H14N2O8S. The first-order valence-corrected chi connectivity index (χ1v) is 6.55. The van der Waals surface area contributed by atoms with E-state index < -0.39 is 34.3 Å². The molecule has 4 N–H and O–H groups in total. The van der Waals surface area contributed by atoms with Gasteiger partial charge in [0.2, 0.25) is 0 Å². The van der Waals surface area contributed by atoms with Crippen LogP contribution in [0.25, 0.3) is 0 Å². The summed E-state index contributed by atoms with van der Waals surface area (Å²) in [5.41, 5.74) is 0. The molecule has 0 aromatic carbocycles. The summed E-state index contributed by atoms with van der Waals surface area (Å²) in [6, 6.07) is -0.876. The lowest BCUT2D eigenvalue weighted by Gasteiger charge is -2.15. The van der Waals surface area contributed by atoms with E-state index >= 15 is 0 Å². The van der Waals surface area contributed by atoms with Gasteiger partial charge >= 0.3 is 22.3 Å². The molecule has 0 bridgehead atoms. The number of imidazole rings is 1. The van der Waals surface area contributed by atoms with Crippen molar-refractivity contribution < 1.29 is 37.3 Å². The van der Waals surface area contributed by atoms with Crippen LogP contribution >= 0.6 is 0 Å². The second-order valence-corrected chi connectivity index (χ2v) is 4.68. The Hall–Kier alpha value is -1.98. The number of hydrogen-bond donors (Lipinski definition) is 4. The van der Waals surface area contributed by atoms with Crippen LogP contribution in [0.2, 0.25) is 0 Å². The third-order valence-electron chi connectivity index (χ3n) is 2.17. The fourth-order valence-corrected chi connectivity index (χ4v) is 1.24. The Kier molecular flexibility index (Phi) is 6.82. The lowest BCUT2D eigenvalue weighted by atomic mass is 10.0. The third kappa shape index (κ3) is 8.18. The van der Waals surface area contributed by atoms with E-state index in [1.54, 1.807) is 0 Å². The average molecular weight is 310 g/mol. The van der Waals surface area contributed by atoms with E-state index in [-0.39, 0.29) is 6.42 Å². The summed E-state index contributed by atoms with van der Waals surface area (Å²) in [5.74, 6) is -2.75. The smallest absolute Gasteiger partial charge is 0.394 e. The molecule has 20 heavy (non-hydrogen) atoms. The average Bonchev–Trinajstić information content (AvgIpc) is 2.75. The summed E-state index contributed by atoms with van der Waals surface area (Å²) in [5, 5.41) is 17.6. The molecule has 0 amide bonds. The van der Waals surface area contributed by atoms with Crippen LogP contribution in [0.3, 0.4) is 0 Å². The molecule has 0 aliphatic rings. The lowest BCUT2D eigenvalue weighted by Crippen LogP contribution is -2.23. The zero-order chi connectivity index (χ0) is 15.9. The van der Waals surface area contributed by atoms with E-state index in [4.69, 9.17) is 27.7 Å². The fraction of sp³-hybridized carbons (Fsp3) is 0.444. The van der Waals surface area contributed by atoms with Gasteiger partial charge in [-0.3, -0.25) is 13.9 Å². The van der Waals surface area contributed by atoms with Crippen molar-refractivity contribution in [2.24, 2.45) is 5.92 Å². The van der Waals surface area contributed by atoms with Crippen LogP contribution in [-0.4, -0.2) is 49.2 Å². The maximum absolute atomic E-state index is 10.9. The molecule has 114 valence electrons. The van der Waals surface area contributed by atoms with Crippen LogP contribution in [-0.2, 0) is 20.0 Å². The van der Waals surface area contributed by atoms with Crippen LogP contribution in [0.15, 0.2) is 18.7 Å². The Bertz CT molecular complexity index is 530. The number of aromatic nitrogens is 2. The molecule has 0 aliphatic carbocycles. The summed E-state index contributed by atoms with van der Waals surface area (Å²) in [6.07, 6.45) is 4.38. The van der Waals surface area contributed by atoms with Gasteiger partial charge in [0.05, 0.1) is 12.2 Å². The monoisotopic (exact) mass is 310 g/mol. The van der Waals surface area contributed by atoms with Crippen LogP contribution in [0.5, 0.6) is 0 Å². The maximum atomic E-state index is 10.9. The summed E-state index contributed by atoms with van der Waals surface area (Å²) < 4.78 is 33.0. The molecule has 1 heterocycles. The standard InChI is InChI=1S/C9H12N2O4.H2O4S/c1-6(8(12)13)4-7(9(14)15)11-3-2-10-5-11;1-5(2,3)4/h2-3,5-7H,4H2,1H3,(H,12,13)(H,14,15);(H2,1,2,3,4). The van der Waals surface area contributed by atoms with Crippen LogP contribution in [0.1, 0.15) is 19.4 Å². The van der Waals surface area contributed by atoms with Gasteiger partial charge in [0.1, 0.15) is 6.04 Å². The molecule has 10 nitrogen and oxygen atoms in total. The molecule has 0 aliphatic heterocycles. The van der Waals surface area contributed by atoms with Crippen molar-refractivity contribution in [3.05, 3.63) is 18.7 Å². The van der Waals surface area contributed by atoms with Gasteiger partial charge in [-0.25, -0.2) is 9.78 Å². The number of carbonyl (C=O) groups is 2. The second kappa shape index (κ2) is 7.57. The first-order chi connectivity index (χ1) is 9.02. The molecule has 1 rings (SSSR count). The van der Waals surface area contributed by atoms with Gasteiger partial charge in [0.25, 0.3) is 0 Å². The van der Waals surface area contributed by atoms with Crippen molar-refractivity contribution >= 4 is 22.3 Å². The van der Waals surface area contributed by atoms with Gasteiger partial charge in [-0.1, -0.05) is 6.92 Å². The molecular weight excluding hydrogens is 296 g/mol. The highest BCUT2D eigenvalue weighted by molar-refractivity contribution is 7.79. The minimum absolute atomic E-state index is 0.0427. The summed E-state index contributed by atoms with van der Waals surface area (Å²) in [6.45, 7) is 1.48. The lowest BCUT2D eigenvalue weighted by molar-refractivity contribution is -0.144. The number of nitrogens with zero attached hydrogens (tertiary/aromatic N) is 2. The molecule has 0 saturated carbocycles. The van der Waals surface area contributed by atoms with Crippen molar-refractivity contribution in [2.45, 2.75) is 19.4 Å². The Labute approximate surface area is 114 Å². The van der Waals surface area contributed by atoms with Crippen LogP contribution in [0.4, 0.5) is 0 Å². The first kappa shape index (κ1) is 18.0. The molecule has 0 spiro atoms. The van der Waals surface area contributed by atoms with Gasteiger partial charge in [0, 0.05) is 12.4 Å². The normalized spacial score (nSPS) is 13.8. The van der Waals surface area contributed by atoms with E-state index in [0.717, 1.165) is 0 Å². The fourth-order valence-electron chi connectivity index (χ4n) is 1.24. The summed E-state index contributed by atoms with van der Waals surface area (Å²) in [4.78, 5) is 25.3. The Morgan fingerprint density at radius 2 is 1.75 bits per heavy atom. The number of aliphatic carboxylic acids is 2. The minimum Gasteiger partial charge on any atom is -0.481 e. The topological polar surface area (TPSA) is 167 Å². The van der Waals surface area contributed by atoms with E-state index in [1.807, 2.05) is 0 Å². The van der Waals surface area contributed by atoms with Gasteiger partial charge < -0.3 is 14.8 Å². The van der Waals surface area contributed by atoms with E-state index in [2.05, 4.69) is 4.98 Å². The molecule has 11 heteroatoms. The van der Waals surface area contributed by atoms with Crippen LogP contribution < -0.4 is 0 Å². The SMILES string of the molecule is CC(CC(C(=O)O)n1ccnc1)C(=O)O.O=S(=O)(O)O. The molecule has 2 atom stereocenters. The minimum atomic E-state index is -4.67. The predicted molar refractivity (Wildman–Crippen MR) is 64.5 cm³/mol. The Morgan fingerprint density at radius 3 is 2.05 bits per heavy atom. The summed E-state index contributed by atoms with van der Waals surface area (Å²) in [7, 11) is -4.67. The van der Waals surface area contributed by atoms with Crippen LogP contribution in [0, 0.1) is 5.92 Å². The highest BCUT2D eigenvalue weighted by Gasteiger charge is 2.24. The van der Waals surface area contributed by atoms with Gasteiger partial charge in [-0.15, -0.1) is 0 Å². The van der Waals surface area contributed by atoms with Gasteiger partial charge in [-0.05, 0) is 6.42 Å². The van der Waals surface area contributed by atoms with Crippen molar-refractivity contribution in [2.75, 3.05) is 0 Å². The molecule has 0 radical (unpaired) electrons. The van der Waals surface area contributed by atoms with E-state index in [0.29, 0.717) is 0 Å². The third-order valence-corrected chi connectivity index (χ3v) is 2.17. The number of hydrogen-bond acceptors (Lipinski definition) is 5. The van der Waals surface area contributed by atoms with E-state index in [9.17, 15) is 9.59 Å². The number of carboxylic acid groups (broad SMARTS) is 2. The predicted octanol–water partition coefficient (Wildman–Crippen LogP) is -0.0332. The van der Waals surface area contributed by atoms with Gasteiger partial charge in [0.15, 0.2) is 0 Å². The largest absolute Gasteiger partial charge is 0.481 e. The second-order valence-electron chi connectivity index (χ2n) is 3.79. The van der Waals surface area contributed by atoms with Gasteiger partial charge in [-0.2, -0.15) is 8.42 Å². The van der Waals surface area contributed by atoms with Crippen molar-refractivity contribution in [1.82, 2.24) is 9.55 Å². The highest BCUT2D eigenvalue weighted by atomic mass is 32.3. The van der Waals surface area contributed by atoms with Crippen molar-refractivity contribution in [1.29, 1.82) is 0 Å². The first-order valence-electron chi connectivity index (χ1n) is 5.15. The summed E-state index contributed by atoms with van der Waals surface area (Å²) >= 11 is 0. The molecule has 2 unspecified atom stereocenters. The number of rotatable bonds is 5. The maximum Gasteiger partial charge on any atom is 0.394 e. The molecule has 1 aromatic rings. The molecule has 0 saturated heterocycles. The number of carboxylic acids is 2. The zero-order valence-electron chi connectivity index (χ0n) is 10.3. The Balaban J connectivity index is 0.000000621. The van der Waals surface area contributed by atoms with Crippen molar-refractivity contribution in [3.8, 4) is 0 Å². The quantitative estimate of drug-likeness (QED) is 0.545. The van der Waals surface area contributed by atoms with E-state index in [1.165, 1.54) is 30.2 Å². The van der Waals surface area contributed by atoms with Crippen molar-refractivity contribution in [3.63, 3.8) is 0 Å².